The van der Waals surface area contributed by atoms with Gasteiger partial charge in [-0.15, -0.1) is 24.0 Å². The molecule has 3 nitrogen and oxygen atoms in total. The van der Waals surface area contributed by atoms with Gasteiger partial charge in [-0.2, -0.15) is 11.8 Å². The van der Waals surface area contributed by atoms with Gasteiger partial charge in [-0.3, -0.25) is 4.99 Å². The van der Waals surface area contributed by atoms with E-state index in [2.05, 4.69) is 35.7 Å². The molecule has 0 rings (SSSR count). The molecule has 0 saturated carbocycles. The van der Waals surface area contributed by atoms with Gasteiger partial charge < -0.3 is 10.6 Å². The van der Waals surface area contributed by atoms with Crippen molar-refractivity contribution in [2.24, 2.45) is 10.9 Å². The Hall–Kier alpha value is 0.350. The van der Waals surface area contributed by atoms with E-state index in [9.17, 15) is 0 Å². The predicted molar refractivity (Wildman–Crippen MR) is 96.5 cm³/mol. The Labute approximate surface area is 134 Å². The first-order valence-electron chi connectivity index (χ1n) is 6.71. The van der Waals surface area contributed by atoms with Gasteiger partial charge in [0.15, 0.2) is 5.96 Å². The molecule has 0 bridgehead atoms. The molecule has 0 heterocycles. The zero-order valence-corrected chi connectivity index (χ0v) is 15.4. The van der Waals surface area contributed by atoms with Gasteiger partial charge in [0.05, 0.1) is 0 Å². The monoisotopic (exact) mass is 387 g/mol. The number of aliphatic imine (C=N–C) groups is 1. The Bertz CT molecular complexity index is 201. The van der Waals surface area contributed by atoms with E-state index in [0.29, 0.717) is 0 Å². The Morgan fingerprint density at radius 1 is 1.28 bits per heavy atom. The highest BCUT2D eigenvalue weighted by molar-refractivity contribution is 14.0. The van der Waals surface area contributed by atoms with Crippen molar-refractivity contribution in [2.45, 2.75) is 39.5 Å². The van der Waals surface area contributed by atoms with Crippen molar-refractivity contribution in [3.05, 3.63) is 0 Å². The molecule has 2 N–H and O–H groups in total. The third-order valence-electron chi connectivity index (χ3n) is 2.92. The van der Waals surface area contributed by atoms with Crippen LogP contribution < -0.4 is 10.6 Å². The van der Waals surface area contributed by atoms with E-state index in [1.807, 2.05) is 18.8 Å². The van der Waals surface area contributed by atoms with Crippen molar-refractivity contribution < 1.29 is 0 Å². The van der Waals surface area contributed by atoms with Gasteiger partial charge in [0.1, 0.15) is 0 Å². The smallest absolute Gasteiger partial charge is 0.191 e. The lowest BCUT2D eigenvalue weighted by atomic mass is 9.99. The molecule has 0 aromatic carbocycles. The van der Waals surface area contributed by atoms with Crippen LogP contribution in [0.15, 0.2) is 4.99 Å². The molecule has 110 valence electrons. The van der Waals surface area contributed by atoms with Crippen LogP contribution in [0.3, 0.4) is 0 Å². The second kappa shape index (κ2) is 15.4. The van der Waals surface area contributed by atoms with Crippen LogP contribution in [0.25, 0.3) is 0 Å². The van der Waals surface area contributed by atoms with Crippen molar-refractivity contribution in [3.63, 3.8) is 0 Å². The average molecular weight is 387 g/mol. The van der Waals surface area contributed by atoms with E-state index in [1.54, 1.807) is 0 Å². The summed E-state index contributed by atoms with van der Waals surface area (Å²) >= 11 is 1.85. The number of rotatable bonds is 9. The number of nitrogens with one attached hydrogen (secondary N) is 2. The van der Waals surface area contributed by atoms with E-state index < -0.39 is 0 Å². The molecule has 0 aliphatic rings. The normalized spacial score (nSPS) is 12.8. The maximum Gasteiger partial charge on any atom is 0.191 e. The van der Waals surface area contributed by atoms with E-state index in [4.69, 9.17) is 0 Å². The fraction of sp³-hybridized carbons (Fsp3) is 0.923. The van der Waals surface area contributed by atoms with Crippen molar-refractivity contribution in [3.8, 4) is 0 Å². The minimum absolute atomic E-state index is 0. The summed E-state index contributed by atoms with van der Waals surface area (Å²) in [5.74, 6) is 2.83. The number of hydrogen-bond acceptors (Lipinski definition) is 2. The van der Waals surface area contributed by atoms with E-state index >= 15 is 0 Å². The summed E-state index contributed by atoms with van der Waals surface area (Å²) in [4.78, 5) is 4.23. The van der Waals surface area contributed by atoms with Crippen LogP contribution in [0.5, 0.6) is 0 Å². The lowest BCUT2D eigenvalue weighted by molar-refractivity contribution is 0.444. The van der Waals surface area contributed by atoms with Gasteiger partial charge in [0.25, 0.3) is 0 Å². The number of hydrogen-bond donors (Lipinski definition) is 2. The van der Waals surface area contributed by atoms with Crippen LogP contribution in [0.2, 0.25) is 0 Å². The van der Waals surface area contributed by atoms with Crippen LogP contribution in [0.4, 0.5) is 0 Å². The first-order chi connectivity index (χ1) is 8.28. The molecule has 0 aromatic heterocycles. The molecule has 0 saturated heterocycles. The number of halogens is 1. The highest BCUT2D eigenvalue weighted by Crippen LogP contribution is 2.10. The second-order valence-corrected chi connectivity index (χ2v) is 5.27. The van der Waals surface area contributed by atoms with Crippen molar-refractivity contribution in [1.29, 1.82) is 0 Å². The molecule has 1 unspecified atom stereocenters. The highest BCUT2D eigenvalue weighted by Gasteiger charge is 2.06. The van der Waals surface area contributed by atoms with Crippen molar-refractivity contribution in [2.75, 3.05) is 32.1 Å². The zero-order valence-electron chi connectivity index (χ0n) is 12.3. The largest absolute Gasteiger partial charge is 0.356 e. The lowest BCUT2D eigenvalue weighted by Gasteiger charge is -2.17. The van der Waals surface area contributed by atoms with Crippen LogP contribution >= 0.6 is 35.7 Å². The molecule has 0 fully saturated rings. The van der Waals surface area contributed by atoms with E-state index in [0.717, 1.165) is 30.7 Å². The summed E-state index contributed by atoms with van der Waals surface area (Å²) < 4.78 is 0. The topological polar surface area (TPSA) is 36.4 Å². The number of guanidine groups is 1. The summed E-state index contributed by atoms with van der Waals surface area (Å²) in [5.41, 5.74) is 0. The molecule has 18 heavy (non-hydrogen) atoms. The van der Waals surface area contributed by atoms with Crippen LogP contribution in [-0.2, 0) is 0 Å². The minimum atomic E-state index is 0. The van der Waals surface area contributed by atoms with E-state index in [1.165, 1.54) is 25.7 Å². The van der Waals surface area contributed by atoms with Crippen LogP contribution in [-0.4, -0.2) is 38.1 Å². The van der Waals surface area contributed by atoms with Gasteiger partial charge >= 0.3 is 0 Å². The average Bonchev–Trinajstić information content (AvgIpc) is 2.36. The number of unbranched alkanes of at least 4 members (excludes halogenated alkanes) is 1. The first kappa shape index (κ1) is 20.7. The van der Waals surface area contributed by atoms with Crippen LogP contribution in [0, 0.1) is 5.92 Å². The molecule has 1 atom stereocenters. The predicted octanol–water partition coefficient (Wildman–Crippen LogP) is 3.35. The molecule has 0 amide bonds. The van der Waals surface area contributed by atoms with Crippen molar-refractivity contribution >= 4 is 41.7 Å². The quantitative estimate of drug-likeness (QED) is 0.276. The summed E-state index contributed by atoms with van der Waals surface area (Å²) in [7, 11) is 1.83. The van der Waals surface area contributed by atoms with Gasteiger partial charge in [0, 0.05) is 25.9 Å². The first-order valence-corrected chi connectivity index (χ1v) is 8.11. The lowest BCUT2D eigenvalue weighted by Crippen LogP contribution is -2.40. The maximum atomic E-state index is 4.23. The third kappa shape index (κ3) is 11.4. The third-order valence-corrected chi connectivity index (χ3v) is 3.54. The molecular formula is C13H30IN3S. The van der Waals surface area contributed by atoms with Gasteiger partial charge in [-0.05, 0) is 18.6 Å². The Morgan fingerprint density at radius 2 is 2.00 bits per heavy atom. The minimum Gasteiger partial charge on any atom is -0.356 e. The molecular weight excluding hydrogens is 357 g/mol. The second-order valence-electron chi connectivity index (χ2n) is 4.29. The maximum absolute atomic E-state index is 4.23. The molecule has 0 radical (unpaired) electrons. The molecule has 0 aromatic rings. The number of thioether (sulfide) groups is 1. The molecule has 5 heteroatoms. The van der Waals surface area contributed by atoms with Gasteiger partial charge in [-0.25, -0.2) is 0 Å². The van der Waals surface area contributed by atoms with Crippen LogP contribution in [0.1, 0.15) is 39.5 Å². The van der Waals surface area contributed by atoms with E-state index in [-0.39, 0.29) is 24.0 Å². The molecule has 0 spiro atoms. The summed E-state index contributed by atoms with van der Waals surface area (Å²) in [6.07, 6.45) is 7.31. The molecule has 0 aliphatic heterocycles. The summed E-state index contributed by atoms with van der Waals surface area (Å²) in [6, 6.07) is 0. The Morgan fingerprint density at radius 3 is 2.50 bits per heavy atom. The SMILES string of the molecule is CCCCC(CC)CNC(=NC)NCCSC.I. The summed E-state index contributed by atoms with van der Waals surface area (Å²) in [5, 5.41) is 6.74. The zero-order chi connectivity index (χ0) is 12.9. The van der Waals surface area contributed by atoms with Gasteiger partial charge in [-0.1, -0.05) is 33.1 Å². The fourth-order valence-electron chi connectivity index (χ4n) is 1.68. The van der Waals surface area contributed by atoms with Crippen molar-refractivity contribution in [1.82, 2.24) is 10.6 Å². The standard InChI is InChI=1S/C13H29N3S.HI/c1-5-7-8-12(6-2)11-16-13(14-3)15-9-10-17-4;/h12H,5-11H2,1-4H3,(H2,14,15,16);1H. The number of nitrogens with zero attached hydrogens (tertiary/aromatic N) is 1. The Kier molecular flexibility index (Phi) is 17.7. The fourth-order valence-corrected chi connectivity index (χ4v) is 1.98. The highest BCUT2D eigenvalue weighted by atomic mass is 127. The van der Waals surface area contributed by atoms with Gasteiger partial charge in [0.2, 0.25) is 0 Å². The summed E-state index contributed by atoms with van der Waals surface area (Å²) in [6.45, 7) is 6.54. The molecule has 0 aliphatic carbocycles. The Balaban J connectivity index is 0.